The number of carbonyl (C=O) groups is 2. The summed E-state index contributed by atoms with van der Waals surface area (Å²) in [7, 11) is 0. The van der Waals surface area contributed by atoms with Crippen LogP contribution in [0.2, 0.25) is 0 Å². The van der Waals surface area contributed by atoms with Crippen molar-refractivity contribution in [3.05, 3.63) is 57.7 Å². The van der Waals surface area contributed by atoms with Crippen LogP contribution in [0.15, 0.2) is 51.0 Å². The van der Waals surface area contributed by atoms with Gasteiger partial charge in [0.2, 0.25) is 11.1 Å². The standard InChI is InChI=1S/C26H32N2O3/c1-9-15-11-17(12-16(10-2)21(15)29)23-27-28-24(31-23)18-13-19(25(3,4)5)22(30)20(14-18)26(6,7)8/h11-14H,9-10H2,1-8H3. The van der Waals surface area contributed by atoms with E-state index in [1.165, 1.54) is 0 Å². The van der Waals surface area contributed by atoms with E-state index in [0.29, 0.717) is 23.9 Å². The molecule has 0 aromatic carbocycles. The Labute approximate surface area is 184 Å². The quantitative estimate of drug-likeness (QED) is 0.718. The monoisotopic (exact) mass is 420 g/mol. The molecule has 5 nitrogen and oxygen atoms in total. The van der Waals surface area contributed by atoms with Crippen molar-refractivity contribution < 1.29 is 14.0 Å². The first-order valence-electron chi connectivity index (χ1n) is 10.9. The highest BCUT2D eigenvalue weighted by atomic mass is 16.4. The maximum atomic E-state index is 13.1. The minimum atomic E-state index is -0.314. The molecule has 0 saturated carbocycles. The lowest BCUT2D eigenvalue weighted by atomic mass is 9.72. The summed E-state index contributed by atoms with van der Waals surface area (Å²) in [4.78, 5) is 25.6. The minimum absolute atomic E-state index is 0.0645. The molecule has 164 valence electrons. The topological polar surface area (TPSA) is 73.1 Å². The Hall–Kier alpha value is -2.82. The van der Waals surface area contributed by atoms with E-state index in [2.05, 4.69) is 10.2 Å². The number of carbonyl (C=O) groups excluding carboxylic acids is 2. The van der Waals surface area contributed by atoms with Crippen molar-refractivity contribution in [2.24, 2.45) is 10.8 Å². The van der Waals surface area contributed by atoms with E-state index in [-0.39, 0.29) is 22.4 Å². The van der Waals surface area contributed by atoms with Crippen molar-refractivity contribution in [3.8, 4) is 0 Å². The van der Waals surface area contributed by atoms with Gasteiger partial charge in [-0.25, -0.2) is 0 Å². The van der Waals surface area contributed by atoms with Crippen LogP contribution in [-0.2, 0) is 9.59 Å². The van der Waals surface area contributed by atoms with Gasteiger partial charge in [0.05, 0.1) is 0 Å². The molecule has 0 unspecified atom stereocenters. The molecule has 0 bridgehead atoms. The number of hydrogen-bond acceptors (Lipinski definition) is 5. The predicted octanol–water partition coefficient (Wildman–Crippen LogP) is 4.15. The largest absolute Gasteiger partial charge is 0.416 e. The molecule has 31 heavy (non-hydrogen) atoms. The van der Waals surface area contributed by atoms with Gasteiger partial charge in [-0.2, -0.15) is 0 Å². The first-order valence-corrected chi connectivity index (χ1v) is 10.9. The zero-order chi connectivity index (χ0) is 23.1. The van der Waals surface area contributed by atoms with E-state index < -0.39 is 0 Å². The van der Waals surface area contributed by atoms with Gasteiger partial charge in [-0.15, -0.1) is 10.2 Å². The fourth-order valence-electron chi connectivity index (χ4n) is 3.73. The minimum Gasteiger partial charge on any atom is -0.416 e. The van der Waals surface area contributed by atoms with Crippen LogP contribution in [0.3, 0.4) is 0 Å². The summed E-state index contributed by atoms with van der Waals surface area (Å²) >= 11 is 0. The maximum absolute atomic E-state index is 13.1. The highest BCUT2D eigenvalue weighted by molar-refractivity contribution is 6.14. The Bertz CT molecular complexity index is 1120. The van der Waals surface area contributed by atoms with Crippen LogP contribution in [0, 0.1) is 10.8 Å². The number of aromatic nitrogens is 2. The van der Waals surface area contributed by atoms with Crippen molar-refractivity contribution in [2.45, 2.75) is 68.2 Å². The lowest BCUT2D eigenvalue weighted by Crippen LogP contribution is -2.28. The third kappa shape index (κ3) is 4.46. The number of ketones is 2. The smallest absolute Gasteiger partial charge is 0.248 e. The van der Waals surface area contributed by atoms with Crippen LogP contribution >= 0.6 is 0 Å². The molecule has 2 aliphatic carbocycles. The number of nitrogens with zero attached hydrogens (tertiary/aromatic N) is 2. The van der Waals surface area contributed by atoms with E-state index in [4.69, 9.17) is 4.42 Å². The summed E-state index contributed by atoms with van der Waals surface area (Å²) in [5.41, 5.74) is 4.55. The van der Waals surface area contributed by atoms with Crippen molar-refractivity contribution in [2.75, 3.05) is 0 Å². The van der Waals surface area contributed by atoms with Gasteiger partial charge in [0.25, 0.3) is 0 Å². The SMILES string of the molecule is CCC1=CC(=c2nnc(=C3C=C(C(C)(C)C)C(=O)C(C(C)(C)C)=C3)o2)C=C(CC)C1=O. The molecule has 1 aromatic rings. The Morgan fingerprint density at radius 2 is 1.06 bits per heavy atom. The van der Waals surface area contributed by atoms with Gasteiger partial charge in [0.15, 0.2) is 11.6 Å². The summed E-state index contributed by atoms with van der Waals surface area (Å²) in [6.45, 7) is 16.1. The van der Waals surface area contributed by atoms with Crippen LogP contribution in [0.1, 0.15) is 68.2 Å². The molecule has 3 rings (SSSR count). The summed E-state index contributed by atoms with van der Waals surface area (Å²) < 4.78 is 6.04. The third-order valence-electron chi connectivity index (χ3n) is 5.63. The molecule has 0 fully saturated rings. The molecule has 1 aromatic heterocycles. The molecule has 0 atom stereocenters. The van der Waals surface area contributed by atoms with Gasteiger partial charge in [-0.05, 0) is 48.0 Å². The van der Waals surface area contributed by atoms with E-state index >= 15 is 0 Å². The third-order valence-corrected chi connectivity index (χ3v) is 5.63. The molecule has 0 radical (unpaired) electrons. The van der Waals surface area contributed by atoms with Crippen molar-refractivity contribution in [1.82, 2.24) is 10.2 Å². The zero-order valence-electron chi connectivity index (χ0n) is 19.8. The van der Waals surface area contributed by atoms with Crippen molar-refractivity contribution in [3.63, 3.8) is 0 Å². The predicted molar refractivity (Wildman–Crippen MR) is 122 cm³/mol. The van der Waals surface area contributed by atoms with Crippen LogP contribution in [0.4, 0.5) is 0 Å². The zero-order valence-corrected chi connectivity index (χ0v) is 19.8. The lowest BCUT2D eigenvalue weighted by molar-refractivity contribution is -0.114. The fraction of sp³-hybridized carbons (Fsp3) is 0.462. The highest BCUT2D eigenvalue weighted by Crippen LogP contribution is 2.38. The van der Waals surface area contributed by atoms with Crippen LogP contribution in [0.5, 0.6) is 0 Å². The summed E-state index contributed by atoms with van der Waals surface area (Å²) in [5, 5.41) is 8.53. The normalized spacial score (nSPS) is 18.1. The lowest BCUT2D eigenvalue weighted by Gasteiger charge is -2.30. The number of Topliss-reactive ketones (excluding diaryl/α,β-unsaturated/α-hetero) is 2. The van der Waals surface area contributed by atoms with Gasteiger partial charge in [-0.1, -0.05) is 55.4 Å². The molecular formula is C26H32N2O3. The second-order valence-corrected chi connectivity index (χ2v) is 10.1. The molecule has 0 amide bonds. The molecule has 0 N–H and O–H groups in total. The average Bonchev–Trinajstić information content (AvgIpc) is 3.16. The van der Waals surface area contributed by atoms with Crippen molar-refractivity contribution in [1.29, 1.82) is 0 Å². The van der Waals surface area contributed by atoms with Gasteiger partial charge in [0.1, 0.15) is 0 Å². The Morgan fingerprint density at radius 3 is 1.42 bits per heavy atom. The van der Waals surface area contributed by atoms with Crippen LogP contribution in [0.25, 0.3) is 11.1 Å². The Kier molecular flexibility index (Phi) is 5.92. The highest BCUT2D eigenvalue weighted by Gasteiger charge is 2.34. The molecule has 5 heteroatoms. The van der Waals surface area contributed by atoms with Gasteiger partial charge >= 0.3 is 0 Å². The van der Waals surface area contributed by atoms with Gasteiger partial charge < -0.3 is 4.42 Å². The molecule has 1 heterocycles. The second kappa shape index (κ2) is 8.03. The molecule has 0 saturated heterocycles. The van der Waals surface area contributed by atoms with E-state index in [1.807, 2.05) is 79.7 Å². The van der Waals surface area contributed by atoms with Gasteiger partial charge in [0, 0.05) is 33.4 Å². The molecule has 2 aliphatic rings. The first-order chi connectivity index (χ1) is 14.4. The Morgan fingerprint density at radius 1 is 0.677 bits per heavy atom. The fourth-order valence-corrected chi connectivity index (χ4v) is 3.73. The summed E-state index contributed by atoms with van der Waals surface area (Å²) in [6.07, 6.45) is 8.70. The van der Waals surface area contributed by atoms with Crippen LogP contribution in [-0.4, -0.2) is 21.8 Å². The van der Waals surface area contributed by atoms with Crippen molar-refractivity contribution >= 4 is 22.7 Å². The van der Waals surface area contributed by atoms with E-state index in [1.54, 1.807) is 0 Å². The first kappa shape index (κ1) is 22.9. The van der Waals surface area contributed by atoms with Gasteiger partial charge in [-0.3, -0.25) is 9.59 Å². The average molecular weight is 421 g/mol. The van der Waals surface area contributed by atoms with E-state index in [9.17, 15) is 9.59 Å². The maximum Gasteiger partial charge on any atom is 0.248 e. The number of hydrogen-bond donors (Lipinski definition) is 0. The Balaban J connectivity index is 2.28. The molecule has 0 spiro atoms. The second-order valence-electron chi connectivity index (χ2n) is 10.1. The van der Waals surface area contributed by atoms with E-state index in [0.717, 1.165) is 33.4 Å². The van der Waals surface area contributed by atoms with Crippen LogP contribution < -0.4 is 11.1 Å². The molecular weight excluding hydrogens is 388 g/mol. The number of rotatable bonds is 2. The summed E-state index contributed by atoms with van der Waals surface area (Å²) in [6, 6.07) is 0. The summed E-state index contributed by atoms with van der Waals surface area (Å²) in [5.74, 6) is 0.152. The number of allylic oxidation sites excluding steroid dienone is 8. The molecule has 0 aliphatic heterocycles.